The average Bonchev–Trinajstić information content (AvgIpc) is 3.78. The van der Waals surface area contributed by atoms with Crippen LogP contribution in [-0.4, -0.2) is 124 Å². The summed E-state index contributed by atoms with van der Waals surface area (Å²) < 4.78 is 95.1. The van der Waals surface area contributed by atoms with E-state index in [1.165, 1.54) is 18.2 Å². The van der Waals surface area contributed by atoms with Gasteiger partial charge in [-0.3, -0.25) is 14.1 Å². The molecule has 394 valence electrons. The standard InChI is InChI=1S/C55H63N3O14S2/c1-39-38-54(2,3)57(27-28-69-31-32-70-30-29-68-5)47-37-49-44(36-43(39)47)41(34-48(71-49)40-16-11-9-12-17-40)18-10-7-6-8-13-19-50-55(4,25-14-20-53(61)72-58-51(59)23-24-52(58)60)45-35-42(74(65,66)67)21-22-46(45)56(50)26-15-33-73(62,63)64/h6-13,16-19,21-22,34-38H,14-15,20,23-33H2,1-5H3,(H-,62,63,64,65,66,67). The number of rotatable bonds is 24. The molecule has 0 bridgehead atoms. The van der Waals surface area contributed by atoms with Gasteiger partial charge in [-0.15, -0.1) is 5.06 Å². The Morgan fingerprint density at radius 2 is 1.55 bits per heavy atom. The first kappa shape index (κ1) is 55.4. The second-order valence-corrected chi connectivity index (χ2v) is 21.9. The molecule has 0 radical (unpaired) electrons. The predicted octanol–water partition coefficient (Wildman–Crippen LogP) is 7.87. The number of amides is 2. The van der Waals surface area contributed by atoms with Crippen molar-refractivity contribution in [1.82, 2.24) is 5.06 Å². The van der Waals surface area contributed by atoms with Crippen LogP contribution in [0.25, 0.3) is 16.9 Å². The maximum Gasteiger partial charge on any atom is 0.333 e. The van der Waals surface area contributed by atoms with Gasteiger partial charge in [0.05, 0.1) is 54.6 Å². The van der Waals surface area contributed by atoms with Crippen LogP contribution in [0, 0.1) is 0 Å². The van der Waals surface area contributed by atoms with E-state index in [9.17, 15) is 40.3 Å². The molecular weight excluding hydrogens is 991 g/mol. The minimum atomic E-state index is -4.90. The molecule has 0 aliphatic carbocycles. The highest BCUT2D eigenvalue weighted by Gasteiger charge is 2.48. The minimum absolute atomic E-state index is 0.00422. The molecule has 19 heteroatoms. The van der Waals surface area contributed by atoms with Gasteiger partial charge in [-0.2, -0.15) is 13.0 Å². The molecule has 74 heavy (non-hydrogen) atoms. The third kappa shape index (κ3) is 13.5. The lowest BCUT2D eigenvalue weighted by Crippen LogP contribution is -2.46. The summed E-state index contributed by atoms with van der Waals surface area (Å²) in [6, 6.07) is 18.1. The topological polar surface area (TPSA) is 218 Å². The van der Waals surface area contributed by atoms with Crippen LogP contribution in [0.3, 0.4) is 0 Å². The van der Waals surface area contributed by atoms with Crippen LogP contribution in [0.1, 0.15) is 88.5 Å². The number of methoxy groups -OCH3 is 1. The predicted molar refractivity (Wildman–Crippen MR) is 279 cm³/mol. The molecule has 3 aromatic rings. The molecule has 4 aliphatic heterocycles. The summed E-state index contributed by atoms with van der Waals surface area (Å²) >= 11 is 0. The van der Waals surface area contributed by atoms with Crippen LogP contribution in [-0.2, 0) is 59.1 Å². The fourth-order valence-electron chi connectivity index (χ4n) is 9.68. The number of nitrogens with zero attached hydrogens (tertiary/aromatic N) is 3. The number of carbonyl (C=O) groups is 3. The normalized spacial score (nSPS) is 19.1. The van der Waals surface area contributed by atoms with E-state index in [4.69, 9.17) is 23.8 Å². The largest absolute Gasteiger partial charge is 0.744 e. The van der Waals surface area contributed by atoms with Crippen LogP contribution in [0.2, 0.25) is 0 Å². The number of fused-ring (bicyclic) bond motifs is 3. The highest BCUT2D eigenvalue weighted by Crippen LogP contribution is 2.47. The van der Waals surface area contributed by atoms with Gasteiger partial charge in [-0.25, -0.2) is 13.2 Å². The van der Waals surface area contributed by atoms with Gasteiger partial charge in [0.1, 0.15) is 28.2 Å². The van der Waals surface area contributed by atoms with Crippen molar-refractivity contribution in [2.75, 3.05) is 63.9 Å². The minimum Gasteiger partial charge on any atom is -0.744 e. The first-order valence-corrected chi connectivity index (χ1v) is 27.5. The van der Waals surface area contributed by atoms with Gasteiger partial charge in [-0.05, 0) is 76.0 Å². The monoisotopic (exact) mass is 1050 g/mol. The Hall–Kier alpha value is -6.32. The van der Waals surface area contributed by atoms with Crippen LogP contribution in [0.4, 0.5) is 11.4 Å². The van der Waals surface area contributed by atoms with Crippen LogP contribution in [0.15, 0.2) is 120 Å². The molecular formula is C55H63N3O14S2. The Balaban J connectivity index is 1.16. The SMILES string of the molecule is COCCOCCOCCN1c2cc3c(cc2C(C)=CC1(C)C)/C(=C/C=C/C=C/C=C/C1=[N+](CCCS(=O)(=O)O)c2ccc(S(=O)(=O)[O-])cc2C1(C)CCCC(=O)ON1C(=O)CCC1=O)C=C(c1ccccc1)O3. The molecule has 0 saturated carbocycles. The highest BCUT2D eigenvalue weighted by molar-refractivity contribution is 7.86. The summed E-state index contributed by atoms with van der Waals surface area (Å²) in [7, 11) is -7.58. The van der Waals surface area contributed by atoms with Gasteiger partial charge in [0.25, 0.3) is 21.9 Å². The Morgan fingerprint density at radius 1 is 0.865 bits per heavy atom. The molecule has 1 saturated heterocycles. The summed E-state index contributed by atoms with van der Waals surface area (Å²) in [4.78, 5) is 44.0. The number of hydrogen-bond donors (Lipinski definition) is 1. The number of allylic oxidation sites excluding steroid dienone is 10. The highest BCUT2D eigenvalue weighted by atomic mass is 32.2. The second kappa shape index (κ2) is 23.9. The Kier molecular flexibility index (Phi) is 17.9. The van der Waals surface area contributed by atoms with Crippen molar-refractivity contribution >= 4 is 72.0 Å². The molecule has 7 rings (SSSR count). The summed E-state index contributed by atoms with van der Waals surface area (Å²) in [5.74, 6) is -1.20. The van der Waals surface area contributed by atoms with Gasteiger partial charge >= 0.3 is 5.97 Å². The molecule has 1 unspecified atom stereocenters. The Morgan fingerprint density at radius 3 is 2.26 bits per heavy atom. The van der Waals surface area contributed by atoms with E-state index in [2.05, 4.69) is 43.9 Å². The lowest BCUT2D eigenvalue weighted by molar-refractivity contribution is -0.437. The number of ether oxygens (including phenoxy) is 4. The van der Waals surface area contributed by atoms with Crippen molar-refractivity contribution in [2.24, 2.45) is 0 Å². The molecule has 1 N–H and O–H groups in total. The first-order valence-electron chi connectivity index (χ1n) is 24.4. The Labute approximate surface area is 433 Å². The summed E-state index contributed by atoms with van der Waals surface area (Å²) in [5.41, 5.74) is 6.20. The van der Waals surface area contributed by atoms with Gasteiger partial charge in [-0.1, -0.05) is 72.9 Å². The lowest BCUT2D eigenvalue weighted by atomic mass is 9.75. The van der Waals surface area contributed by atoms with E-state index in [1.807, 2.05) is 67.6 Å². The molecule has 1 fully saturated rings. The van der Waals surface area contributed by atoms with Crippen LogP contribution in [0.5, 0.6) is 5.75 Å². The van der Waals surface area contributed by atoms with Crippen molar-refractivity contribution in [3.05, 3.63) is 138 Å². The van der Waals surface area contributed by atoms with Gasteiger partial charge in [0.15, 0.2) is 5.71 Å². The van der Waals surface area contributed by atoms with Gasteiger partial charge in [0, 0.05) is 85.5 Å². The number of hydroxylamine groups is 2. The zero-order valence-corrected chi connectivity index (χ0v) is 43.9. The van der Waals surface area contributed by atoms with Crippen molar-refractivity contribution in [3.63, 3.8) is 0 Å². The Bertz CT molecular complexity index is 3060. The number of imide groups is 1. The number of hydrogen-bond acceptors (Lipinski definition) is 14. The van der Waals surface area contributed by atoms with E-state index in [-0.39, 0.29) is 50.6 Å². The van der Waals surface area contributed by atoms with Crippen molar-refractivity contribution < 1.29 is 68.7 Å². The van der Waals surface area contributed by atoms with Crippen LogP contribution >= 0.6 is 0 Å². The number of carbonyl (C=O) groups excluding carboxylic acids is 3. The molecule has 3 aromatic carbocycles. The third-order valence-corrected chi connectivity index (χ3v) is 14.9. The summed E-state index contributed by atoms with van der Waals surface area (Å²) in [6.45, 7) is 11.5. The van der Waals surface area contributed by atoms with Crippen molar-refractivity contribution in [1.29, 1.82) is 0 Å². The van der Waals surface area contributed by atoms with E-state index in [0.717, 1.165) is 33.5 Å². The first-order chi connectivity index (χ1) is 35.2. The molecule has 4 aliphatic rings. The number of benzene rings is 3. The van der Waals surface area contributed by atoms with Crippen LogP contribution < -0.4 is 9.64 Å². The third-order valence-electron chi connectivity index (χ3n) is 13.2. The van der Waals surface area contributed by atoms with Gasteiger partial charge in [0.2, 0.25) is 5.69 Å². The fourth-order valence-corrected chi connectivity index (χ4v) is 10.7. The molecule has 0 aromatic heterocycles. The fraction of sp³-hybridized carbons (Fsp3) is 0.382. The zero-order valence-electron chi connectivity index (χ0n) is 42.3. The van der Waals surface area contributed by atoms with E-state index in [1.54, 1.807) is 29.9 Å². The molecule has 2 amide bonds. The molecule has 0 spiro atoms. The van der Waals surface area contributed by atoms with Crippen molar-refractivity contribution in [3.8, 4) is 5.75 Å². The van der Waals surface area contributed by atoms with E-state index < -0.39 is 54.1 Å². The van der Waals surface area contributed by atoms with Gasteiger partial charge < -0.3 is 33.2 Å². The molecule has 4 heterocycles. The maximum absolute atomic E-state index is 12.9. The van der Waals surface area contributed by atoms with E-state index >= 15 is 0 Å². The maximum atomic E-state index is 12.9. The quantitative estimate of drug-likeness (QED) is 0.0297. The average molecular weight is 1050 g/mol. The zero-order chi connectivity index (χ0) is 53.3. The summed E-state index contributed by atoms with van der Waals surface area (Å²) in [5, 5.41) is 0.471. The second-order valence-electron chi connectivity index (χ2n) is 19.0. The number of anilines is 1. The summed E-state index contributed by atoms with van der Waals surface area (Å²) in [6.07, 6.45) is 17.3. The van der Waals surface area contributed by atoms with Crippen molar-refractivity contribution in [2.45, 2.75) is 82.1 Å². The lowest BCUT2D eigenvalue weighted by Gasteiger charge is -2.44. The molecule has 17 nitrogen and oxygen atoms in total. The van der Waals surface area contributed by atoms with E-state index in [0.29, 0.717) is 73.1 Å². The smallest absolute Gasteiger partial charge is 0.333 e. The molecule has 1 atom stereocenters.